The molecular formula is C12H13N3O2S. The van der Waals surface area contributed by atoms with Gasteiger partial charge in [0.2, 0.25) is 0 Å². The van der Waals surface area contributed by atoms with E-state index in [-0.39, 0.29) is 5.56 Å². The summed E-state index contributed by atoms with van der Waals surface area (Å²) >= 11 is 1.47. The standard InChI is InChI=1S/C12H13N3O2S/c1-2-6-15-11(8-13-14-15)18-10-5-3-4-9(7-10)12(16)17/h3-5,7-8H,2,6H2,1H3,(H,16,17). The maximum absolute atomic E-state index is 10.9. The van der Waals surface area contributed by atoms with E-state index in [0.29, 0.717) is 0 Å². The van der Waals surface area contributed by atoms with Crippen LogP contribution in [0.25, 0.3) is 0 Å². The highest BCUT2D eigenvalue weighted by atomic mass is 32.2. The van der Waals surface area contributed by atoms with Crippen molar-refractivity contribution in [2.75, 3.05) is 0 Å². The maximum Gasteiger partial charge on any atom is 0.335 e. The van der Waals surface area contributed by atoms with E-state index in [1.54, 1.807) is 24.4 Å². The third-order valence-corrected chi connectivity index (χ3v) is 3.34. The topological polar surface area (TPSA) is 68.0 Å². The van der Waals surface area contributed by atoms with Gasteiger partial charge in [-0.05, 0) is 24.6 Å². The number of carbonyl (C=O) groups is 1. The number of carboxylic acids is 1. The van der Waals surface area contributed by atoms with Gasteiger partial charge < -0.3 is 5.11 Å². The van der Waals surface area contributed by atoms with E-state index < -0.39 is 5.97 Å². The van der Waals surface area contributed by atoms with Crippen LogP contribution in [0.4, 0.5) is 0 Å². The van der Waals surface area contributed by atoms with Crippen LogP contribution in [0.5, 0.6) is 0 Å². The van der Waals surface area contributed by atoms with Gasteiger partial charge in [0.25, 0.3) is 0 Å². The number of carboxylic acid groups (broad SMARTS) is 1. The largest absolute Gasteiger partial charge is 0.478 e. The lowest BCUT2D eigenvalue weighted by molar-refractivity contribution is 0.0696. The Bertz CT molecular complexity index is 554. The molecule has 0 aliphatic heterocycles. The van der Waals surface area contributed by atoms with Crippen molar-refractivity contribution in [3.63, 3.8) is 0 Å². The molecule has 0 aliphatic carbocycles. The minimum atomic E-state index is -0.919. The van der Waals surface area contributed by atoms with E-state index in [2.05, 4.69) is 17.2 Å². The minimum absolute atomic E-state index is 0.287. The van der Waals surface area contributed by atoms with Crippen LogP contribution < -0.4 is 0 Å². The summed E-state index contributed by atoms with van der Waals surface area (Å²) in [4.78, 5) is 11.8. The predicted molar refractivity (Wildman–Crippen MR) is 67.8 cm³/mol. The quantitative estimate of drug-likeness (QED) is 0.897. The smallest absolute Gasteiger partial charge is 0.335 e. The number of aromatic nitrogens is 3. The summed E-state index contributed by atoms with van der Waals surface area (Å²) in [7, 11) is 0. The first kappa shape index (κ1) is 12.6. The van der Waals surface area contributed by atoms with Crippen molar-refractivity contribution in [1.29, 1.82) is 0 Å². The second kappa shape index (κ2) is 5.68. The molecule has 0 unspecified atom stereocenters. The Balaban J connectivity index is 2.20. The summed E-state index contributed by atoms with van der Waals surface area (Å²) in [6.45, 7) is 2.88. The molecule has 0 aliphatic rings. The predicted octanol–water partition coefficient (Wildman–Crippen LogP) is 2.54. The summed E-state index contributed by atoms with van der Waals surface area (Å²) in [6, 6.07) is 6.84. The Kier molecular flexibility index (Phi) is 3.99. The minimum Gasteiger partial charge on any atom is -0.478 e. The fourth-order valence-electron chi connectivity index (χ4n) is 1.51. The number of hydrogen-bond acceptors (Lipinski definition) is 4. The van der Waals surface area contributed by atoms with Crippen LogP contribution in [0.2, 0.25) is 0 Å². The third kappa shape index (κ3) is 2.89. The van der Waals surface area contributed by atoms with Crippen molar-refractivity contribution in [2.45, 2.75) is 29.8 Å². The first-order chi connectivity index (χ1) is 8.70. The molecule has 5 nitrogen and oxygen atoms in total. The van der Waals surface area contributed by atoms with Crippen LogP contribution in [0, 0.1) is 0 Å². The van der Waals surface area contributed by atoms with Gasteiger partial charge in [-0.2, -0.15) is 0 Å². The number of aromatic carboxylic acids is 1. The van der Waals surface area contributed by atoms with Gasteiger partial charge >= 0.3 is 5.97 Å². The lowest BCUT2D eigenvalue weighted by atomic mass is 10.2. The Hall–Kier alpha value is -1.82. The van der Waals surface area contributed by atoms with Crippen molar-refractivity contribution in [2.24, 2.45) is 0 Å². The monoisotopic (exact) mass is 263 g/mol. The van der Waals surface area contributed by atoms with Crippen LogP contribution in [-0.4, -0.2) is 26.1 Å². The highest BCUT2D eigenvalue weighted by molar-refractivity contribution is 7.99. The van der Waals surface area contributed by atoms with Gasteiger partial charge in [-0.1, -0.05) is 30.0 Å². The molecule has 1 heterocycles. The maximum atomic E-state index is 10.9. The SMILES string of the molecule is CCCn1nncc1Sc1cccc(C(=O)O)c1. The number of benzene rings is 1. The van der Waals surface area contributed by atoms with E-state index in [1.807, 2.05) is 10.7 Å². The molecule has 2 aromatic rings. The summed E-state index contributed by atoms with van der Waals surface area (Å²) in [6.07, 6.45) is 2.67. The van der Waals surface area contributed by atoms with Gasteiger partial charge in [-0.3, -0.25) is 0 Å². The average molecular weight is 263 g/mol. The summed E-state index contributed by atoms with van der Waals surface area (Å²) < 4.78 is 1.82. The molecule has 0 radical (unpaired) electrons. The molecule has 6 heteroatoms. The molecular weight excluding hydrogens is 250 g/mol. The molecule has 18 heavy (non-hydrogen) atoms. The van der Waals surface area contributed by atoms with Gasteiger partial charge in [0, 0.05) is 11.4 Å². The first-order valence-corrected chi connectivity index (χ1v) is 6.42. The lowest BCUT2D eigenvalue weighted by Crippen LogP contribution is -2.00. The van der Waals surface area contributed by atoms with E-state index in [0.717, 1.165) is 22.9 Å². The third-order valence-electron chi connectivity index (χ3n) is 2.32. The van der Waals surface area contributed by atoms with E-state index in [1.165, 1.54) is 11.8 Å². The second-order valence-electron chi connectivity index (χ2n) is 3.73. The first-order valence-electron chi connectivity index (χ1n) is 5.60. The fourth-order valence-corrected chi connectivity index (χ4v) is 2.41. The molecule has 0 saturated carbocycles. The molecule has 1 N–H and O–H groups in total. The Labute approximate surface area is 109 Å². The Morgan fingerprint density at radius 3 is 3.06 bits per heavy atom. The Morgan fingerprint density at radius 2 is 2.33 bits per heavy atom. The van der Waals surface area contributed by atoms with E-state index >= 15 is 0 Å². The molecule has 0 atom stereocenters. The van der Waals surface area contributed by atoms with Crippen LogP contribution >= 0.6 is 11.8 Å². The molecule has 0 amide bonds. The van der Waals surface area contributed by atoms with Crippen LogP contribution in [0.3, 0.4) is 0 Å². The van der Waals surface area contributed by atoms with Crippen molar-refractivity contribution in [3.05, 3.63) is 36.0 Å². The Morgan fingerprint density at radius 1 is 1.50 bits per heavy atom. The molecule has 1 aromatic heterocycles. The van der Waals surface area contributed by atoms with Crippen LogP contribution in [0.1, 0.15) is 23.7 Å². The van der Waals surface area contributed by atoms with Gasteiger partial charge in [0.15, 0.2) is 0 Å². The second-order valence-corrected chi connectivity index (χ2v) is 4.82. The van der Waals surface area contributed by atoms with Gasteiger partial charge in [-0.15, -0.1) is 5.10 Å². The van der Waals surface area contributed by atoms with Gasteiger partial charge in [0.1, 0.15) is 5.03 Å². The zero-order valence-electron chi connectivity index (χ0n) is 9.91. The number of nitrogens with zero attached hydrogens (tertiary/aromatic N) is 3. The number of hydrogen-bond donors (Lipinski definition) is 1. The zero-order valence-corrected chi connectivity index (χ0v) is 10.7. The van der Waals surface area contributed by atoms with Gasteiger partial charge in [0.05, 0.1) is 11.8 Å². The molecule has 0 fully saturated rings. The van der Waals surface area contributed by atoms with E-state index in [9.17, 15) is 4.79 Å². The molecule has 0 bridgehead atoms. The summed E-state index contributed by atoms with van der Waals surface area (Å²) in [5, 5.41) is 17.7. The highest BCUT2D eigenvalue weighted by Crippen LogP contribution is 2.27. The lowest BCUT2D eigenvalue weighted by Gasteiger charge is -2.04. The average Bonchev–Trinajstić information content (AvgIpc) is 2.77. The zero-order chi connectivity index (χ0) is 13.0. The summed E-state index contributed by atoms with van der Waals surface area (Å²) in [5.74, 6) is -0.919. The highest BCUT2D eigenvalue weighted by Gasteiger charge is 2.08. The van der Waals surface area contributed by atoms with Crippen molar-refractivity contribution in [1.82, 2.24) is 15.0 Å². The molecule has 1 aromatic carbocycles. The van der Waals surface area contributed by atoms with Crippen LogP contribution in [-0.2, 0) is 6.54 Å². The van der Waals surface area contributed by atoms with Crippen LogP contribution in [0.15, 0.2) is 40.4 Å². The molecule has 2 rings (SSSR count). The fraction of sp³-hybridized carbons (Fsp3) is 0.250. The normalized spacial score (nSPS) is 10.5. The summed E-state index contributed by atoms with van der Waals surface area (Å²) in [5.41, 5.74) is 0.287. The number of aryl methyl sites for hydroxylation is 1. The van der Waals surface area contributed by atoms with Crippen molar-refractivity contribution in [3.8, 4) is 0 Å². The number of rotatable bonds is 5. The molecule has 94 valence electrons. The molecule has 0 saturated heterocycles. The van der Waals surface area contributed by atoms with Crippen molar-refractivity contribution < 1.29 is 9.90 Å². The molecule has 0 spiro atoms. The van der Waals surface area contributed by atoms with E-state index in [4.69, 9.17) is 5.11 Å². The van der Waals surface area contributed by atoms with Crippen molar-refractivity contribution >= 4 is 17.7 Å². The van der Waals surface area contributed by atoms with Gasteiger partial charge in [-0.25, -0.2) is 9.48 Å².